The van der Waals surface area contributed by atoms with E-state index >= 15 is 0 Å². The van der Waals surface area contributed by atoms with Gasteiger partial charge < -0.3 is 5.73 Å². The molecule has 88 valence electrons. The minimum absolute atomic E-state index is 0.233. The van der Waals surface area contributed by atoms with Gasteiger partial charge in [-0.25, -0.2) is 4.39 Å². The summed E-state index contributed by atoms with van der Waals surface area (Å²) >= 11 is 0. The number of hydrogen-bond donors (Lipinski definition) is 1. The number of nitrogens with two attached hydrogens (primary N) is 1. The van der Waals surface area contributed by atoms with E-state index in [4.69, 9.17) is 5.73 Å². The van der Waals surface area contributed by atoms with Gasteiger partial charge in [-0.2, -0.15) is 0 Å². The Kier molecular flexibility index (Phi) is 3.44. The van der Waals surface area contributed by atoms with Gasteiger partial charge in [0.15, 0.2) is 0 Å². The second kappa shape index (κ2) is 5.01. The number of aryl methyl sites for hydroxylation is 1. The summed E-state index contributed by atoms with van der Waals surface area (Å²) < 4.78 is 13.4. The lowest BCUT2D eigenvalue weighted by Crippen LogP contribution is -2.16. The second-order valence-electron chi connectivity index (χ2n) is 3.98. The lowest BCUT2D eigenvalue weighted by Gasteiger charge is -2.11. The fourth-order valence-electron chi connectivity index (χ4n) is 1.60. The molecule has 0 saturated heterocycles. The van der Waals surface area contributed by atoms with Crippen LogP contribution in [0, 0.1) is 12.7 Å². The molecule has 1 aromatic heterocycles. The van der Waals surface area contributed by atoms with E-state index in [1.54, 1.807) is 30.6 Å². The Labute approximate surface area is 99.5 Å². The summed E-state index contributed by atoms with van der Waals surface area (Å²) in [5, 5.41) is 0. The van der Waals surface area contributed by atoms with E-state index < -0.39 is 0 Å². The van der Waals surface area contributed by atoms with Gasteiger partial charge in [0, 0.05) is 6.20 Å². The van der Waals surface area contributed by atoms with Gasteiger partial charge >= 0.3 is 0 Å². The van der Waals surface area contributed by atoms with E-state index in [9.17, 15) is 4.39 Å². The van der Waals surface area contributed by atoms with Crippen LogP contribution in [0.3, 0.4) is 0 Å². The number of aromatic nitrogens is 2. The van der Waals surface area contributed by atoms with Crippen LogP contribution in [0.4, 0.5) is 4.39 Å². The molecule has 1 atom stereocenters. The lowest BCUT2D eigenvalue weighted by atomic mass is 10.0. The molecule has 1 aromatic carbocycles. The van der Waals surface area contributed by atoms with Gasteiger partial charge in [-0.05, 0) is 25.0 Å². The molecule has 0 aliphatic heterocycles. The van der Waals surface area contributed by atoms with Crippen LogP contribution >= 0.6 is 0 Å². The zero-order chi connectivity index (χ0) is 12.3. The first-order valence-electron chi connectivity index (χ1n) is 5.44. The van der Waals surface area contributed by atoms with Crippen molar-refractivity contribution in [2.45, 2.75) is 19.4 Å². The van der Waals surface area contributed by atoms with E-state index in [1.165, 1.54) is 6.07 Å². The van der Waals surface area contributed by atoms with Crippen LogP contribution in [0.15, 0.2) is 36.7 Å². The molecule has 0 fully saturated rings. The molecule has 0 amide bonds. The number of halogens is 1. The SMILES string of the molecule is Cc1cnc(C(N)Cc2ccccc2F)cn1. The standard InChI is InChI=1S/C13H14FN3/c1-9-7-17-13(8-16-9)12(15)6-10-4-2-3-5-11(10)14/h2-5,7-8,12H,6,15H2,1H3. The molecular formula is C13H14FN3. The first-order chi connectivity index (χ1) is 8.16. The maximum Gasteiger partial charge on any atom is 0.126 e. The van der Waals surface area contributed by atoms with Crippen LogP contribution in [0.2, 0.25) is 0 Å². The van der Waals surface area contributed by atoms with Gasteiger partial charge in [0.2, 0.25) is 0 Å². The van der Waals surface area contributed by atoms with E-state index in [0.717, 1.165) is 5.69 Å². The summed E-state index contributed by atoms with van der Waals surface area (Å²) in [7, 11) is 0. The Bertz CT molecular complexity index is 496. The number of nitrogens with zero attached hydrogens (tertiary/aromatic N) is 2. The molecule has 0 aliphatic rings. The Balaban J connectivity index is 2.14. The maximum absolute atomic E-state index is 13.4. The van der Waals surface area contributed by atoms with Gasteiger partial charge in [-0.3, -0.25) is 9.97 Å². The second-order valence-corrected chi connectivity index (χ2v) is 3.98. The van der Waals surface area contributed by atoms with Crippen molar-refractivity contribution in [1.82, 2.24) is 9.97 Å². The zero-order valence-corrected chi connectivity index (χ0v) is 9.60. The molecule has 1 unspecified atom stereocenters. The molecule has 2 N–H and O–H groups in total. The third-order valence-corrected chi connectivity index (χ3v) is 2.58. The van der Waals surface area contributed by atoms with Gasteiger partial charge in [0.25, 0.3) is 0 Å². The first-order valence-corrected chi connectivity index (χ1v) is 5.44. The van der Waals surface area contributed by atoms with E-state index in [2.05, 4.69) is 9.97 Å². The molecule has 0 saturated carbocycles. The molecule has 1 heterocycles. The van der Waals surface area contributed by atoms with Crippen LogP contribution in [0.1, 0.15) is 23.0 Å². The highest BCUT2D eigenvalue weighted by molar-refractivity contribution is 5.20. The van der Waals surface area contributed by atoms with E-state index in [1.807, 2.05) is 6.92 Å². The Morgan fingerprint density at radius 1 is 1.24 bits per heavy atom. The average Bonchev–Trinajstić information content (AvgIpc) is 2.33. The van der Waals surface area contributed by atoms with Gasteiger partial charge in [-0.15, -0.1) is 0 Å². The Morgan fingerprint density at radius 2 is 2.00 bits per heavy atom. The summed E-state index contributed by atoms with van der Waals surface area (Å²) in [5.74, 6) is -0.233. The monoisotopic (exact) mass is 231 g/mol. The van der Waals surface area contributed by atoms with Gasteiger partial charge in [0.05, 0.1) is 23.6 Å². The first kappa shape index (κ1) is 11.7. The molecule has 2 aromatic rings. The van der Waals surface area contributed by atoms with Crippen molar-refractivity contribution in [3.63, 3.8) is 0 Å². The molecule has 3 nitrogen and oxygen atoms in total. The molecule has 4 heteroatoms. The molecule has 0 radical (unpaired) electrons. The van der Waals surface area contributed by atoms with Gasteiger partial charge in [0.1, 0.15) is 5.82 Å². The fourth-order valence-corrected chi connectivity index (χ4v) is 1.60. The number of rotatable bonds is 3. The van der Waals surface area contributed by atoms with Crippen molar-refractivity contribution < 1.29 is 4.39 Å². The molecule has 0 aliphatic carbocycles. The minimum Gasteiger partial charge on any atom is -0.322 e. The maximum atomic E-state index is 13.4. The third kappa shape index (κ3) is 2.85. The van der Waals surface area contributed by atoms with Crippen molar-refractivity contribution in [3.8, 4) is 0 Å². The van der Waals surface area contributed by atoms with E-state index in [-0.39, 0.29) is 11.9 Å². The van der Waals surface area contributed by atoms with Crippen molar-refractivity contribution in [2.24, 2.45) is 5.73 Å². The largest absolute Gasteiger partial charge is 0.322 e. The summed E-state index contributed by atoms with van der Waals surface area (Å²) in [6, 6.07) is 6.29. The molecule has 17 heavy (non-hydrogen) atoms. The van der Waals surface area contributed by atoms with Crippen molar-refractivity contribution in [3.05, 3.63) is 59.4 Å². The quantitative estimate of drug-likeness (QED) is 0.880. The topological polar surface area (TPSA) is 51.8 Å². The Morgan fingerprint density at radius 3 is 2.65 bits per heavy atom. The summed E-state index contributed by atoms with van der Waals surface area (Å²) in [4.78, 5) is 8.32. The molecule has 0 spiro atoms. The van der Waals surface area contributed by atoms with Gasteiger partial charge in [-0.1, -0.05) is 18.2 Å². The molecular weight excluding hydrogens is 217 g/mol. The summed E-state index contributed by atoms with van der Waals surface area (Å²) in [6.07, 6.45) is 3.72. The smallest absolute Gasteiger partial charge is 0.126 e. The number of hydrogen-bond acceptors (Lipinski definition) is 3. The highest BCUT2D eigenvalue weighted by Crippen LogP contribution is 2.15. The van der Waals surface area contributed by atoms with Crippen molar-refractivity contribution in [2.75, 3.05) is 0 Å². The van der Waals surface area contributed by atoms with E-state index in [0.29, 0.717) is 17.7 Å². The van der Waals surface area contributed by atoms with Crippen LogP contribution in [0.5, 0.6) is 0 Å². The molecule has 0 bridgehead atoms. The van der Waals surface area contributed by atoms with Crippen LogP contribution in [0.25, 0.3) is 0 Å². The summed E-state index contributed by atoms with van der Waals surface area (Å²) in [5.41, 5.74) is 8.10. The predicted octanol–water partition coefficient (Wildman–Crippen LogP) is 2.17. The average molecular weight is 231 g/mol. The zero-order valence-electron chi connectivity index (χ0n) is 9.60. The van der Waals surface area contributed by atoms with Crippen LogP contribution in [-0.2, 0) is 6.42 Å². The number of benzene rings is 1. The normalized spacial score (nSPS) is 12.4. The third-order valence-electron chi connectivity index (χ3n) is 2.58. The predicted molar refractivity (Wildman–Crippen MR) is 63.8 cm³/mol. The minimum atomic E-state index is -0.333. The van der Waals surface area contributed by atoms with Crippen LogP contribution in [-0.4, -0.2) is 9.97 Å². The fraction of sp³-hybridized carbons (Fsp3) is 0.231. The highest BCUT2D eigenvalue weighted by atomic mass is 19.1. The van der Waals surface area contributed by atoms with Crippen LogP contribution < -0.4 is 5.73 Å². The lowest BCUT2D eigenvalue weighted by molar-refractivity contribution is 0.589. The summed E-state index contributed by atoms with van der Waals surface area (Å²) in [6.45, 7) is 1.86. The van der Waals surface area contributed by atoms with Crippen molar-refractivity contribution >= 4 is 0 Å². The molecule has 2 rings (SSSR count). The Hall–Kier alpha value is -1.81. The highest BCUT2D eigenvalue weighted by Gasteiger charge is 2.11. The van der Waals surface area contributed by atoms with Crippen molar-refractivity contribution in [1.29, 1.82) is 0 Å².